The summed E-state index contributed by atoms with van der Waals surface area (Å²) in [6.07, 6.45) is 1.76. The topological polar surface area (TPSA) is 43.6 Å². The van der Waals surface area contributed by atoms with E-state index in [0.717, 1.165) is 10.2 Å². The lowest BCUT2D eigenvalue weighted by Gasteiger charge is -2.08. The summed E-state index contributed by atoms with van der Waals surface area (Å²) in [5, 5.41) is 0.613. The fourth-order valence-electron chi connectivity index (χ4n) is 2.97. The monoisotopic (exact) mass is 420 g/mol. The third-order valence-electron chi connectivity index (χ3n) is 4.25. The van der Waals surface area contributed by atoms with Crippen LogP contribution in [0, 0.1) is 0 Å². The average molecular weight is 421 g/mol. The third kappa shape index (κ3) is 4.01. The quantitative estimate of drug-likeness (QED) is 0.367. The van der Waals surface area contributed by atoms with Gasteiger partial charge in [-0.1, -0.05) is 65.4 Å². The second-order valence-electron chi connectivity index (χ2n) is 6.20. The maximum atomic E-state index is 13.0. The number of halogens is 1. The normalized spacial score (nSPS) is 11.6. The average Bonchev–Trinajstić information content (AvgIpc) is 3.08. The maximum absolute atomic E-state index is 13.0. The smallest absolute Gasteiger partial charge is 0.283 e. The van der Waals surface area contributed by atoms with E-state index in [1.165, 1.54) is 11.3 Å². The van der Waals surface area contributed by atoms with E-state index in [0.29, 0.717) is 33.4 Å². The van der Waals surface area contributed by atoms with Crippen LogP contribution < -0.4 is 9.54 Å². The van der Waals surface area contributed by atoms with Gasteiger partial charge in [-0.2, -0.15) is 4.99 Å². The molecule has 29 heavy (non-hydrogen) atoms. The van der Waals surface area contributed by atoms with Crippen molar-refractivity contribution in [3.63, 3.8) is 0 Å². The lowest BCUT2D eigenvalue weighted by Crippen LogP contribution is -2.16. The van der Waals surface area contributed by atoms with Gasteiger partial charge in [0.1, 0.15) is 11.5 Å². The van der Waals surface area contributed by atoms with Crippen LogP contribution in [0.3, 0.4) is 0 Å². The van der Waals surface area contributed by atoms with E-state index in [4.69, 9.17) is 16.3 Å². The second-order valence-corrected chi connectivity index (χ2v) is 7.62. The number of hydrogen-bond acceptors (Lipinski definition) is 3. The molecule has 0 aliphatic carbocycles. The van der Waals surface area contributed by atoms with Gasteiger partial charge in [0, 0.05) is 6.54 Å². The minimum Gasteiger partial charge on any atom is -0.457 e. The highest BCUT2D eigenvalue weighted by Crippen LogP contribution is 2.27. The highest BCUT2D eigenvalue weighted by atomic mass is 35.5. The summed E-state index contributed by atoms with van der Waals surface area (Å²) in [6.45, 7) is 4.30. The van der Waals surface area contributed by atoms with Crippen molar-refractivity contribution in [2.24, 2.45) is 4.99 Å². The van der Waals surface area contributed by atoms with Gasteiger partial charge in [-0.3, -0.25) is 4.79 Å². The highest BCUT2D eigenvalue weighted by molar-refractivity contribution is 7.16. The minimum atomic E-state index is -0.378. The minimum absolute atomic E-state index is 0.378. The molecule has 4 aromatic rings. The fourth-order valence-corrected chi connectivity index (χ4v) is 4.36. The van der Waals surface area contributed by atoms with Crippen molar-refractivity contribution in [3.8, 4) is 11.5 Å². The SMILES string of the molecule is C=CCn1c(=NC(=O)c2ccccc2Oc2ccccc2)sc2cccc(Cl)c21. The predicted molar refractivity (Wildman–Crippen MR) is 118 cm³/mol. The van der Waals surface area contributed by atoms with Crippen LogP contribution in [-0.2, 0) is 6.54 Å². The van der Waals surface area contributed by atoms with Gasteiger partial charge in [-0.05, 0) is 36.4 Å². The largest absolute Gasteiger partial charge is 0.457 e. The Bertz CT molecular complexity index is 1260. The molecular formula is C23H17ClN2O2S. The Kier molecular flexibility index (Phi) is 5.60. The van der Waals surface area contributed by atoms with Crippen molar-refractivity contribution < 1.29 is 9.53 Å². The molecule has 0 unspecified atom stereocenters. The van der Waals surface area contributed by atoms with Crippen molar-refractivity contribution >= 4 is 39.1 Å². The van der Waals surface area contributed by atoms with Gasteiger partial charge in [-0.25, -0.2) is 0 Å². The molecular weight excluding hydrogens is 404 g/mol. The number of fused-ring (bicyclic) bond motifs is 1. The Balaban J connectivity index is 1.79. The second kappa shape index (κ2) is 8.47. The van der Waals surface area contributed by atoms with E-state index in [-0.39, 0.29) is 5.91 Å². The number of hydrogen-bond donors (Lipinski definition) is 0. The van der Waals surface area contributed by atoms with Crippen molar-refractivity contribution in [2.45, 2.75) is 6.54 Å². The van der Waals surface area contributed by atoms with Crippen molar-refractivity contribution in [3.05, 3.63) is 101 Å². The Labute approximate surface area is 177 Å². The predicted octanol–water partition coefficient (Wildman–Crippen LogP) is 6.08. The summed E-state index contributed by atoms with van der Waals surface area (Å²) in [6, 6.07) is 22.1. The van der Waals surface area contributed by atoms with Crippen LogP contribution in [0.5, 0.6) is 11.5 Å². The van der Waals surface area contributed by atoms with Crippen LogP contribution in [0.1, 0.15) is 10.4 Å². The summed E-state index contributed by atoms with van der Waals surface area (Å²) in [7, 11) is 0. The van der Waals surface area contributed by atoms with Gasteiger partial charge in [0.05, 0.1) is 20.8 Å². The zero-order valence-electron chi connectivity index (χ0n) is 15.4. The van der Waals surface area contributed by atoms with E-state index in [2.05, 4.69) is 11.6 Å². The molecule has 0 saturated carbocycles. The molecule has 1 heterocycles. The Morgan fingerprint density at radius 1 is 1.07 bits per heavy atom. The first-order chi connectivity index (χ1) is 14.2. The van der Waals surface area contributed by atoms with Gasteiger partial charge < -0.3 is 9.30 Å². The van der Waals surface area contributed by atoms with E-state index >= 15 is 0 Å². The van der Waals surface area contributed by atoms with Crippen molar-refractivity contribution in [1.29, 1.82) is 0 Å². The first kappa shape index (κ1) is 19.2. The summed E-state index contributed by atoms with van der Waals surface area (Å²) < 4.78 is 8.76. The molecule has 0 saturated heterocycles. The lowest BCUT2D eigenvalue weighted by atomic mass is 10.2. The molecule has 144 valence electrons. The molecule has 6 heteroatoms. The van der Waals surface area contributed by atoms with E-state index < -0.39 is 0 Å². The van der Waals surface area contributed by atoms with Crippen LogP contribution in [0.25, 0.3) is 10.2 Å². The van der Waals surface area contributed by atoms with Crippen LogP contribution >= 0.6 is 22.9 Å². The Hall–Kier alpha value is -3.15. The number of ether oxygens (including phenoxy) is 1. The van der Waals surface area contributed by atoms with Crippen molar-refractivity contribution in [1.82, 2.24) is 4.57 Å². The first-order valence-electron chi connectivity index (χ1n) is 8.97. The molecule has 0 N–H and O–H groups in total. The van der Waals surface area contributed by atoms with E-state index in [1.54, 1.807) is 24.3 Å². The summed E-state index contributed by atoms with van der Waals surface area (Å²) >= 11 is 7.80. The summed E-state index contributed by atoms with van der Waals surface area (Å²) in [4.78, 5) is 18.0. The van der Waals surface area contributed by atoms with Crippen LogP contribution in [0.4, 0.5) is 0 Å². The molecule has 0 aliphatic rings. The first-order valence-corrected chi connectivity index (χ1v) is 10.2. The molecule has 4 rings (SSSR count). The molecule has 4 nitrogen and oxygen atoms in total. The summed E-state index contributed by atoms with van der Waals surface area (Å²) in [5.74, 6) is 0.738. The number of thiazole rings is 1. The third-order valence-corrected chi connectivity index (χ3v) is 5.60. The highest BCUT2D eigenvalue weighted by Gasteiger charge is 2.14. The lowest BCUT2D eigenvalue weighted by molar-refractivity contribution is 0.0995. The maximum Gasteiger partial charge on any atom is 0.283 e. The Morgan fingerprint density at radius 2 is 1.83 bits per heavy atom. The Morgan fingerprint density at radius 3 is 2.62 bits per heavy atom. The van der Waals surface area contributed by atoms with Gasteiger partial charge in [0.2, 0.25) is 0 Å². The van der Waals surface area contributed by atoms with Gasteiger partial charge >= 0.3 is 0 Å². The number of benzene rings is 3. The zero-order chi connectivity index (χ0) is 20.2. The molecule has 1 amide bonds. The fraction of sp³-hybridized carbons (Fsp3) is 0.0435. The number of nitrogens with zero attached hydrogens (tertiary/aromatic N) is 2. The molecule has 0 radical (unpaired) electrons. The number of carbonyl (C=O) groups is 1. The van der Waals surface area contributed by atoms with Crippen LogP contribution in [-0.4, -0.2) is 10.5 Å². The molecule has 0 spiro atoms. The van der Waals surface area contributed by atoms with Crippen LogP contribution in [0.2, 0.25) is 5.02 Å². The van der Waals surface area contributed by atoms with Crippen LogP contribution in [0.15, 0.2) is 90.4 Å². The molecule has 1 aromatic heterocycles. The summed E-state index contributed by atoms with van der Waals surface area (Å²) in [5.41, 5.74) is 1.24. The van der Waals surface area contributed by atoms with Crippen molar-refractivity contribution in [2.75, 3.05) is 0 Å². The molecule has 0 bridgehead atoms. The number of rotatable bonds is 5. The molecule has 0 atom stereocenters. The number of allylic oxidation sites excluding steroid dienone is 1. The van der Waals surface area contributed by atoms with Gasteiger partial charge in [-0.15, -0.1) is 6.58 Å². The number of aromatic nitrogens is 1. The number of para-hydroxylation sites is 3. The molecule has 3 aromatic carbocycles. The molecule has 0 fully saturated rings. The van der Waals surface area contributed by atoms with E-state index in [1.807, 2.05) is 59.2 Å². The number of carbonyl (C=O) groups excluding carboxylic acids is 1. The van der Waals surface area contributed by atoms with Gasteiger partial charge in [0.15, 0.2) is 4.80 Å². The standard InChI is InChI=1S/C23H17ClN2O2S/c1-2-15-26-21-18(24)12-8-14-20(21)29-23(26)25-22(27)17-11-6-7-13-19(17)28-16-9-4-3-5-10-16/h2-14H,1,15H2. The van der Waals surface area contributed by atoms with Gasteiger partial charge in [0.25, 0.3) is 5.91 Å². The van der Waals surface area contributed by atoms with E-state index in [9.17, 15) is 4.79 Å². The number of amides is 1. The zero-order valence-corrected chi connectivity index (χ0v) is 17.0. The molecule has 0 aliphatic heterocycles.